The quantitative estimate of drug-likeness (QED) is 0.570. The van der Waals surface area contributed by atoms with Gasteiger partial charge >= 0.3 is 6.18 Å². The summed E-state index contributed by atoms with van der Waals surface area (Å²) in [6, 6.07) is 0.398. The van der Waals surface area contributed by atoms with Crippen LogP contribution in [0, 0.1) is 26.1 Å². The van der Waals surface area contributed by atoms with Crippen LogP contribution in [0.5, 0.6) is 0 Å². The van der Waals surface area contributed by atoms with Gasteiger partial charge in [0.1, 0.15) is 0 Å². The van der Waals surface area contributed by atoms with E-state index in [1.165, 1.54) is 4.90 Å². The van der Waals surface area contributed by atoms with E-state index in [-0.39, 0.29) is 17.6 Å². The largest absolute Gasteiger partial charge is 0.416 e. The highest BCUT2D eigenvalue weighted by Gasteiger charge is 2.40. The van der Waals surface area contributed by atoms with Gasteiger partial charge in [-0.15, -0.1) is 0 Å². The molecule has 0 heterocycles. The molecule has 2 rings (SSSR count). The lowest BCUT2D eigenvalue weighted by atomic mass is 10.1. The maximum atomic E-state index is 12.9. The van der Waals surface area contributed by atoms with Crippen LogP contribution in [-0.4, -0.2) is 22.4 Å². The lowest BCUT2D eigenvalue weighted by Crippen LogP contribution is -2.34. The van der Waals surface area contributed by atoms with Crippen molar-refractivity contribution in [3.05, 3.63) is 37.9 Å². The summed E-state index contributed by atoms with van der Waals surface area (Å²) in [5, 5.41) is 22.6. The summed E-state index contributed by atoms with van der Waals surface area (Å²) in [4.78, 5) is 22.0. The van der Waals surface area contributed by atoms with Gasteiger partial charge in [-0.2, -0.15) is 13.2 Å². The molecule has 10 heteroatoms. The van der Waals surface area contributed by atoms with E-state index in [4.69, 9.17) is 0 Å². The molecule has 1 aliphatic rings. The van der Waals surface area contributed by atoms with Gasteiger partial charge in [-0.3, -0.25) is 20.2 Å². The van der Waals surface area contributed by atoms with Gasteiger partial charge in [-0.05, 0) is 32.6 Å². The number of halogens is 3. The van der Waals surface area contributed by atoms with Crippen LogP contribution < -0.4 is 4.90 Å². The van der Waals surface area contributed by atoms with Gasteiger partial charge in [0.05, 0.1) is 15.4 Å². The smallest absolute Gasteiger partial charge is 0.358 e. The monoisotopic (exact) mass is 347 g/mol. The first-order valence-electron chi connectivity index (χ1n) is 7.33. The van der Waals surface area contributed by atoms with Crippen LogP contribution in [0.1, 0.15) is 32.3 Å². The second-order valence-corrected chi connectivity index (χ2v) is 6.06. The summed E-state index contributed by atoms with van der Waals surface area (Å²) in [7, 11) is 0. The van der Waals surface area contributed by atoms with E-state index in [2.05, 4.69) is 0 Å². The minimum atomic E-state index is -4.91. The van der Waals surface area contributed by atoms with Crippen LogP contribution in [0.3, 0.4) is 0 Å². The van der Waals surface area contributed by atoms with E-state index in [0.717, 1.165) is 12.8 Å². The lowest BCUT2D eigenvalue weighted by molar-refractivity contribution is -0.393. The van der Waals surface area contributed by atoms with Gasteiger partial charge in [-0.25, -0.2) is 0 Å². The zero-order valence-electron chi connectivity index (χ0n) is 13.0. The molecule has 0 saturated heterocycles. The predicted molar refractivity (Wildman–Crippen MR) is 80.0 cm³/mol. The van der Waals surface area contributed by atoms with Gasteiger partial charge < -0.3 is 4.90 Å². The maximum Gasteiger partial charge on any atom is 0.416 e. The van der Waals surface area contributed by atoms with Crippen LogP contribution in [-0.2, 0) is 6.18 Å². The van der Waals surface area contributed by atoms with Crippen molar-refractivity contribution < 1.29 is 23.0 Å². The molecule has 0 aliphatic heterocycles. The molecule has 24 heavy (non-hydrogen) atoms. The summed E-state index contributed by atoms with van der Waals surface area (Å²) in [6.07, 6.45) is -3.12. The van der Waals surface area contributed by atoms with Crippen molar-refractivity contribution in [2.24, 2.45) is 5.92 Å². The van der Waals surface area contributed by atoms with Crippen molar-refractivity contribution in [3.8, 4) is 0 Å². The number of anilines is 1. The summed E-state index contributed by atoms with van der Waals surface area (Å²) in [6.45, 7) is 3.71. The molecular formula is C14H16F3N3O4. The van der Waals surface area contributed by atoms with E-state index in [1.54, 1.807) is 13.8 Å². The van der Waals surface area contributed by atoms with E-state index >= 15 is 0 Å². The minimum Gasteiger partial charge on any atom is -0.358 e. The summed E-state index contributed by atoms with van der Waals surface area (Å²) < 4.78 is 38.8. The molecule has 0 amide bonds. The average Bonchev–Trinajstić information content (AvgIpc) is 3.25. The Kier molecular flexibility index (Phi) is 4.68. The number of rotatable bonds is 6. The number of hydrogen-bond donors (Lipinski definition) is 0. The summed E-state index contributed by atoms with van der Waals surface area (Å²) in [5.41, 5.74) is -3.56. The number of nitrogens with zero attached hydrogens (tertiary/aromatic N) is 3. The van der Waals surface area contributed by atoms with Crippen molar-refractivity contribution in [3.63, 3.8) is 0 Å². The number of nitro benzene ring substituents is 2. The van der Waals surface area contributed by atoms with Crippen LogP contribution in [0.4, 0.5) is 30.2 Å². The third-order valence-electron chi connectivity index (χ3n) is 3.85. The topological polar surface area (TPSA) is 89.5 Å². The number of hydrogen-bond acceptors (Lipinski definition) is 5. The van der Waals surface area contributed by atoms with E-state index in [0.29, 0.717) is 18.7 Å². The minimum absolute atomic E-state index is 0.244. The molecule has 0 atom stereocenters. The maximum absolute atomic E-state index is 12.9. The average molecular weight is 347 g/mol. The van der Waals surface area contributed by atoms with Crippen LogP contribution in [0.15, 0.2) is 12.1 Å². The molecule has 1 saturated carbocycles. The third-order valence-corrected chi connectivity index (χ3v) is 3.85. The standard InChI is InChI=1S/C14H16F3N3O4/c1-8(2)18(7-9-3-4-9)13-11(19(21)22)5-10(14(15,16)17)6-12(13)20(23)24/h5-6,8-9H,3-4,7H2,1-2H3. The highest BCUT2D eigenvalue weighted by Crippen LogP contribution is 2.45. The van der Waals surface area contributed by atoms with Crippen LogP contribution >= 0.6 is 0 Å². The Morgan fingerprint density at radius 1 is 1.17 bits per heavy atom. The molecule has 1 fully saturated rings. The van der Waals surface area contributed by atoms with Crippen molar-refractivity contribution in [1.82, 2.24) is 0 Å². The normalized spacial score (nSPS) is 14.8. The molecule has 0 unspecified atom stereocenters. The van der Waals surface area contributed by atoms with E-state index in [1.807, 2.05) is 0 Å². The zero-order valence-corrected chi connectivity index (χ0v) is 13.0. The van der Waals surface area contributed by atoms with Crippen molar-refractivity contribution in [2.75, 3.05) is 11.4 Å². The number of benzene rings is 1. The first-order chi connectivity index (χ1) is 11.0. The highest BCUT2D eigenvalue weighted by molar-refractivity contribution is 5.76. The molecule has 0 aromatic heterocycles. The molecule has 0 radical (unpaired) electrons. The first-order valence-corrected chi connectivity index (χ1v) is 7.33. The van der Waals surface area contributed by atoms with Crippen LogP contribution in [0.2, 0.25) is 0 Å². The molecule has 1 aromatic carbocycles. The summed E-state index contributed by atoms with van der Waals surface area (Å²) in [5.74, 6) is 0.244. The number of nitro groups is 2. The summed E-state index contributed by atoms with van der Waals surface area (Å²) >= 11 is 0. The predicted octanol–water partition coefficient (Wildman–Crippen LogP) is 4.15. The van der Waals surface area contributed by atoms with Gasteiger partial charge in [-0.1, -0.05) is 0 Å². The molecule has 0 N–H and O–H groups in total. The molecule has 132 valence electrons. The molecule has 7 nitrogen and oxygen atoms in total. The van der Waals surface area contributed by atoms with E-state index < -0.39 is 33.0 Å². The first kappa shape index (κ1) is 18.0. The van der Waals surface area contributed by atoms with Gasteiger partial charge in [0.25, 0.3) is 11.4 Å². The van der Waals surface area contributed by atoms with Crippen molar-refractivity contribution in [2.45, 2.75) is 38.9 Å². The van der Waals surface area contributed by atoms with Crippen molar-refractivity contribution >= 4 is 17.1 Å². The Morgan fingerprint density at radius 3 is 1.92 bits per heavy atom. The molecule has 0 bridgehead atoms. The lowest BCUT2D eigenvalue weighted by Gasteiger charge is -2.28. The Labute approximate surface area is 135 Å². The molecular weight excluding hydrogens is 331 g/mol. The fraction of sp³-hybridized carbons (Fsp3) is 0.571. The SMILES string of the molecule is CC(C)N(CC1CC1)c1c([N+](=O)[O-])cc(C(F)(F)F)cc1[N+](=O)[O-]. The van der Waals surface area contributed by atoms with Gasteiger partial charge in [0.2, 0.25) is 0 Å². The molecule has 1 aromatic rings. The van der Waals surface area contributed by atoms with Crippen molar-refractivity contribution in [1.29, 1.82) is 0 Å². The Morgan fingerprint density at radius 2 is 1.62 bits per heavy atom. The van der Waals surface area contributed by atoms with Gasteiger partial charge in [0, 0.05) is 24.7 Å². The molecule has 0 spiro atoms. The van der Waals surface area contributed by atoms with E-state index in [9.17, 15) is 33.4 Å². The second-order valence-electron chi connectivity index (χ2n) is 6.06. The Hall–Kier alpha value is -2.39. The zero-order chi connectivity index (χ0) is 18.2. The third kappa shape index (κ3) is 3.74. The second kappa shape index (κ2) is 6.25. The van der Waals surface area contributed by atoms with Crippen LogP contribution in [0.25, 0.3) is 0 Å². The number of alkyl halides is 3. The Balaban J connectivity index is 2.70. The fourth-order valence-electron chi connectivity index (χ4n) is 2.48. The highest BCUT2D eigenvalue weighted by atomic mass is 19.4. The molecule has 1 aliphatic carbocycles. The van der Waals surface area contributed by atoms with Gasteiger partial charge in [0.15, 0.2) is 5.69 Å². The fourth-order valence-corrected chi connectivity index (χ4v) is 2.48. The Bertz CT molecular complexity index is 637.